The molecule has 2 aromatic carbocycles. The Bertz CT molecular complexity index is 813. The Kier molecular flexibility index (Phi) is 4.00. The van der Waals surface area contributed by atoms with Gasteiger partial charge in [0.05, 0.1) is 11.0 Å². The smallest absolute Gasteiger partial charge is 0.126 e. The maximum absolute atomic E-state index is 13.5. The lowest BCUT2D eigenvalue weighted by Gasteiger charge is -2.10. The van der Waals surface area contributed by atoms with E-state index in [1.807, 2.05) is 28.8 Å². The second-order valence-electron chi connectivity index (χ2n) is 4.87. The summed E-state index contributed by atoms with van der Waals surface area (Å²) in [6.45, 7) is 1.76. The van der Waals surface area contributed by atoms with Gasteiger partial charge in [-0.15, -0.1) is 11.6 Å². The van der Waals surface area contributed by atoms with E-state index in [1.54, 1.807) is 13.0 Å². The second-order valence-corrected chi connectivity index (χ2v) is 6.16. The van der Waals surface area contributed by atoms with Gasteiger partial charge < -0.3 is 0 Å². The Morgan fingerprint density at radius 2 is 2.05 bits per heavy atom. The van der Waals surface area contributed by atoms with E-state index in [1.165, 1.54) is 6.07 Å². The molecule has 5 heteroatoms. The van der Waals surface area contributed by atoms with Crippen molar-refractivity contribution in [3.05, 3.63) is 58.1 Å². The number of nitrogens with zero attached hydrogens (tertiary/aromatic N) is 2. The van der Waals surface area contributed by atoms with Gasteiger partial charge in [0.2, 0.25) is 0 Å². The van der Waals surface area contributed by atoms with Crippen LogP contribution in [0.5, 0.6) is 0 Å². The van der Waals surface area contributed by atoms with Gasteiger partial charge in [0, 0.05) is 22.5 Å². The number of alkyl halides is 1. The van der Waals surface area contributed by atoms with E-state index < -0.39 is 0 Å². The Morgan fingerprint density at radius 1 is 1.24 bits per heavy atom. The highest BCUT2D eigenvalue weighted by Crippen LogP contribution is 2.26. The first kappa shape index (κ1) is 14.5. The lowest BCUT2D eigenvalue weighted by atomic mass is 10.2. The molecule has 1 aromatic heterocycles. The molecule has 0 saturated heterocycles. The maximum Gasteiger partial charge on any atom is 0.126 e. The van der Waals surface area contributed by atoms with Crippen LogP contribution in [0, 0.1) is 12.7 Å². The van der Waals surface area contributed by atoms with Gasteiger partial charge in [0.1, 0.15) is 11.6 Å². The molecule has 0 radical (unpaired) electrons. The first-order valence-electron chi connectivity index (χ1n) is 6.59. The van der Waals surface area contributed by atoms with Gasteiger partial charge in [-0.25, -0.2) is 9.37 Å². The molecule has 3 rings (SSSR count). The number of fused-ring (bicyclic) bond motifs is 1. The minimum Gasteiger partial charge on any atom is -0.296 e. The molecule has 2 nitrogen and oxygen atoms in total. The van der Waals surface area contributed by atoms with Crippen LogP contribution >= 0.6 is 27.5 Å². The minimum atomic E-state index is -0.205. The van der Waals surface area contributed by atoms with Crippen molar-refractivity contribution in [3.63, 3.8) is 0 Å². The molecule has 0 fully saturated rings. The van der Waals surface area contributed by atoms with Crippen molar-refractivity contribution in [2.75, 3.05) is 5.88 Å². The summed E-state index contributed by atoms with van der Waals surface area (Å²) in [6.07, 6.45) is 0.657. The molecule has 0 aliphatic heterocycles. The largest absolute Gasteiger partial charge is 0.296 e. The average Bonchev–Trinajstić information content (AvgIpc) is 2.80. The predicted octanol–water partition coefficient (Wildman–Crippen LogP) is 5.02. The fourth-order valence-corrected chi connectivity index (χ4v) is 2.92. The number of rotatable bonds is 3. The molecule has 0 spiro atoms. The zero-order valence-electron chi connectivity index (χ0n) is 11.4. The van der Waals surface area contributed by atoms with E-state index in [-0.39, 0.29) is 5.82 Å². The predicted molar refractivity (Wildman–Crippen MR) is 87.9 cm³/mol. The molecular weight excluding hydrogens is 355 g/mol. The summed E-state index contributed by atoms with van der Waals surface area (Å²) in [5, 5.41) is 0. The van der Waals surface area contributed by atoms with E-state index in [0.717, 1.165) is 27.0 Å². The van der Waals surface area contributed by atoms with Gasteiger partial charge in [0.25, 0.3) is 0 Å². The molecule has 108 valence electrons. The van der Waals surface area contributed by atoms with Crippen LogP contribution in [0.1, 0.15) is 11.4 Å². The molecule has 1 heterocycles. The Hall–Kier alpha value is -1.39. The summed E-state index contributed by atoms with van der Waals surface area (Å²) in [5.41, 5.74) is 3.39. The number of aromatic nitrogens is 2. The van der Waals surface area contributed by atoms with E-state index >= 15 is 0 Å². The molecule has 0 saturated carbocycles. The first-order chi connectivity index (χ1) is 10.1. The highest BCUT2D eigenvalue weighted by atomic mass is 79.9. The van der Waals surface area contributed by atoms with E-state index in [9.17, 15) is 4.39 Å². The third-order valence-electron chi connectivity index (χ3n) is 3.40. The molecule has 0 bridgehead atoms. The van der Waals surface area contributed by atoms with E-state index in [0.29, 0.717) is 17.9 Å². The number of benzene rings is 2. The number of halogens is 3. The summed E-state index contributed by atoms with van der Waals surface area (Å²) in [4.78, 5) is 4.64. The summed E-state index contributed by atoms with van der Waals surface area (Å²) in [5.74, 6) is 1.16. The lowest BCUT2D eigenvalue weighted by Crippen LogP contribution is -2.03. The van der Waals surface area contributed by atoms with Crippen LogP contribution in [0.4, 0.5) is 4.39 Å². The van der Waals surface area contributed by atoms with Crippen LogP contribution < -0.4 is 0 Å². The van der Waals surface area contributed by atoms with Crippen LogP contribution in [-0.2, 0) is 6.42 Å². The van der Waals surface area contributed by atoms with Gasteiger partial charge in [-0.1, -0.05) is 15.9 Å². The van der Waals surface area contributed by atoms with Crippen LogP contribution in [-0.4, -0.2) is 15.4 Å². The van der Waals surface area contributed by atoms with Gasteiger partial charge in [-0.2, -0.15) is 0 Å². The zero-order valence-corrected chi connectivity index (χ0v) is 13.7. The second kappa shape index (κ2) is 5.78. The van der Waals surface area contributed by atoms with E-state index in [2.05, 4.69) is 20.9 Å². The van der Waals surface area contributed by atoms with Crippen molar-refractivity contribution in [1.82, 2.24) is 9.55 Å². The molecule has 0 aliphatic rings. The van der Waals surface area contributed by atoms with Crippen molar-refractivity contribution in [2.24, 2.45) is 0 Å². The van der Waals surface area contributed by atoms with E-state index in [4.69, 9.17) is 11.6 Å². The van der Waals surface area contributed by atoms with Crippen molar-refractivity contribution < 1.29 is 4.39 Å². The molecular formula is C16H13BrClFN2. The number of hydrogen-bond acceptors (Lipinski definition) is 1. The topological polar surface area (TPSA) is 17.8 Å². The lowest BCUT2D eigenvalue weighted by molar-refractivity contribution is 0.618. The molecule has 3 aromatic rings. The number of hydrogen-bond donors (Lipinski definition) is 0. The van der Waals surface area contributed by atoms with Crippen molar-refractivity contribution in [2.45, 2.75) is 13.3 Å². The molecule has 0 N–H and O–H groups in total. The molecule has 0 atom stereocenters. The number of imidazole rings is 1. The molecule has 0 aliphatic carbocycles. The Balaban J connectivity index is 2.29. The molecule has 21 heavy (non-hydrogen) atoms. The fourth-order valence-electron chi connectivity index (χ4n) is 2.41. The minimum absolute atomic E-state index is 0.205. The maximum atomic E-state index is 13.5. The van der Waals surface area contributed by atoms with Gasteiger partial charge in [-0.05, 0) is 48.9 Å². The molecule has 0 unspecified atom stereocenters. The van der Waals surface area contributed by atoms with Crippen LogP contribution in [0.2, 0.25) is 0 Å². The van der Waals surface area contributed by atoms with Crippen molar-refractivity contribution in [1.29, 1.82) is 0 Å². The van der Waals surface area contributed by atoms with Crippen LogP contribution in [0.3, 0.4) is 0 Å². The monoisotopic (exact) mass is 366 g/mol. The SMILES string of the molecule is Cc1cc(-n2c(CCCl)nc3ccc(Br)cc32)ccc1F. The quantitative estimate of drug-likeness (QED) is 0.595. The summed E-state index contributed by atoms with van der Waals surface area (Å²) in [7, 11) is 0. The highest BCUT2D eigenvalue weighted by Gasteiger charge is 2.13. The van der Waals surface area contributed by atoms with Crippen molar-refractivity contribution in [3.8, 4) is 5.69 Å². The highest BCUT2D eigenvalue weighted by molar-refractivity contribution is 9.10. The van der Waals surface area contributed by atoms with Gasteiger partial charge in [-0.3, -0.25) is 4.57 Å². The third-order valence-corrected chi connectivity index (χ3v) is 4.09. The average molecular weight is 368 g/mol. The Morgan fingerprint density at radius 3 is 2.76 bits per heavy atom. The first-order valence-corrected chi connectivity index (χ1v) is 7.92. The summed E-state index contributed by atoms with van der Waals surface area (Å²) in [6, 6.07) is 11.0. The zero-order chi connectivity index (χ0) is 15.0. The van der Waals surface area contributed by atoms with Crippen LogP contribution in [0.15, 0.2) is 40.9 Å². The third kappa shape index (κ3) is 2.70. The van der Waals surface area contributed by atoms with Crippen molar-refractivity contribution >= 4 is 38.6 Å². The fraction of sp³-hybridized carbons (Fsp3) is 0.188. The number of aryl methyl sites for hydroxylation is 2. The summed E-state index contributed by atoms with van der Waals surface area (Å²) >= 11 is 9.37. The Labute approximate surface area is 135 Å². The van der Waals surface area contributed by atoms with Gasteiger partial charge in [0.15, 0.2) is 0 Å². The van der Waals surface area contributed by atoms with Gasteiger partial charge >= 0.3 is 0 Å². The normalized spacial score (nSPS) is 11.2. The summed E-state index contributed by atoms with van der Waals surface area (Å²) < 4.78 is 16.5. The standard InChI is InChI=1S/C16H13BrClFN2/c1-10-8-12(3-4-13(10)19)21-15-9-11(17)2-5-14(15)20-16(21)6-7-18/h2-5,8-9H,6-7H2,1H3. The van der Waals surface area contributed by atoms with Crippen LogP contribution in [0.25, 0.3) is 16.7 Å². The molecule has 0 amide bonds.